The van der Waals surface area contributed by atoms with Crippen molar-refractivity contribution in [3.8, 4) is 0 Å². The summed E-state index contributed by atoms with van der Waals surface area (Å²) in [5.74, 6) is -1.22. The second-order valence-corrected chi connectivity index (χ2v) is 7.37. The predicted octanol–water partition coefficient (Wildman–Crippen LogP) is 0.959. The van der Waals surface area contributed by atoms with E-state index in [1.54, 1.807) is 0 Å². The first kappa shape index (κ1) is 30.2. The summed E-state index contributed by atoms with van der Waals surface area (Å²) in [6, 6.07) is 9.35. The number of ether oxygens (including phenoxy) is 1. The number of benzene rings is 1. The van der Waals surface area contributed by atoms with E-state index >= 15 is 0 Å². The number of esters is 1. The average molecular weight is 486 g/mol. The topological polar surface area (TPSA) is 167 Å². The van der Waals surface area contributed by atoms with Gasteiger partial charge in [-0.1, -0.05) is 43.2 Å². The highest BCUT2D eigenvalue weighted by atomic mass is 35.5. The Morgan fingerprint density at radius 2 is 1.61 bits per heavy atom. The van der Waals surface area contributed by atoms with Crippen LogP contribution in [-0.4, -0.2) is 54.6 Å². The number of nitrogens with one attached hydrogen (secondary N) is 4. The van der Waals surface area contributed by atoms with Gasteiger partial charge in [0.25, 0.3) is 5.91 Å². The third-order valence-corrected chi connectivity index (χ3v) is 4.54. The van der Waals surface area contributed by atoms with Gasteiger partial charge in [-0.3, -0.25) is 19.8 Å². The maximum absolute atomic E-state index is 11.9. The molecule has 186 valence electrons. The number of hydrogen-bond acceptors (Lipinski definition) is 6. The second-order valence-electron chi connectivity index (χ2n) is 7.37. The van der Waals surface area contributed by atoms with Crippen LogP contribution < -0.4 is 21.7 Å². The Bertz CT molecular complexity index is 720. The summed E-state index contributed by atoms with van der Waals surface area (Å²) >= 11 is 0. The molecule has 0 radical (unpaired) electrons. The molecule has 11 heteroatoms. The van der Waals surface area contributed by atoms with Crippen LogP contribution >= 0.6 is 12.4 Å². The van der Waals surface area contributed by atoms with Gasteiger partial charge in [-0.2, -0.15) is 0 Å². The van der Waals surface area contributed by atoms with E-state index in [-0.39, 0.29) is 56.4 Å². The Balaban J connectivity index is 0.0000102. The molecule has 7 N–H and O–H groups in total. The van der Waals surface area contributed by atoms with Gasteiger partial charge in [-0.15, -0.1) is 12.4 Å². The highest BCUT2D eigenvalue weighted by Gasteiger charge is 2.15. The molecule has 1 aromatic rings. The first-order valence-electron chi connectivity index (χ1n) is 10.9. The van der Waals surface area contributed by atoms with Crippen LogP contribution in [0.4, 0.5) is 0 Å². The van der Waals surface area contributed by atoms with Crippen molar-refractivity contribution in [2.75, 3.05) is 19.6 Å². The Labute approximate surface area is 200 Å². The van der Waals surface area contributed by atoms with Gasteiger partial charge in [-0.25, -0.2) is 0 Å². The number of aliphatic hydroxyl groups excluding tert-OH is 1. The van der Waals surface area contributed by atoms with Crippen LogP contribution in [0.2, 0.25) is 0 Å². The largest absolute Gasteiger partial charge is 0.461 e. The minimum Gasteiger partial charge on any atom is -0.461 e. The molecule has 0 aliphatic carbocycles. The maximum Gasteiger partial charge on any atom is 0.306 e. The summed E-state index contributed by atoms with van der Waals surface area (Å²) in [5, 5.41) is 24.7. The zero-order valence-electron chi connectivity index (χ0n) is 18.8. The van der Waals surface area contributed by atoms with Crippen molar-refractivity contribution in [1.29, 1.82) is 5.41 Å². The van der Waals surface area contributed by atoms with E-state index in [0.717, 1.165) is 24.8 Å². The lowest BCUT2D eigenvalue weighted by Gasteiger charge is -2.12. The number of nitrogens with two attached hydrogens (primary N) is 1. The van der Waals surface area contributed by atoms with Gasteiger partial charge in [0.05, 0.1) is 6.54 Å². The van der Waals surface area contributed by atoms with E-state index in [2.05, 4.69) is 16.0 Å². The molecule has 1 atom stereocenters. The predicted molar refractivity (Wildman–Crippen MR) is 128 cm³/mol. The number of carbonyl (C=O) groups excluding carboxylic acids is 3. The molecule has 1 aromatic carbocycles. The summed E-state index contributed by atoms with van der Waals surface area (Å²) in [6.07, 6.45) is 2.87. The molecular formula is C22H36ClN5O5. The van der Waals surface area contributed by atoms with Gasteiger partial charge in [-0.05, 0) is 24.8 Å². The Kier molecular flexibility index (Phi) is 17.1. The first-order chi connectivity index (χ1) is 15.4. The summed E-state index contributed by atoms with van der Waals surface area (Å²) in [7, 11) is 0. The Morgan fingerprint density at radius 3 is 2.30 bits per heavy atom. The second kappa shape index (κ2) is 18.7. The van der Waals surface area contributed by atoms with Crippen LogP contribution in [0.1, 0.15) is 50.5 Å². The van der Waals surface area contributed by atoms with E-state index in [1.165, 1.54) is 0 Å². The molecule has 0 bridgehead atoms. The van der Waals surface area contributed by atoms with Crippen molar-refractivity contribution in [1.82, 2.24) is 16.0 Å². The van der Waals surface area contributed by atoms with Crippen molar-refractivity contribution < 1.29 is 24.2 Å². The molecule has 0 aliphatic rings. The maximum atomic E-state index is 11.9. The summed E-state index contributed by atoms with van der Waals surface area (Å²) in [6.45, 7) is 0.911. The third-order valence-electron chi connectivity index (χ3n) is 4.54. The zero-order valence-corrected chi connectivity index (χ0v) is 19.6. The Hall–Kier alpha value is -2.85. The smallest absolute Gasteiger partial charge is 0.306 e. The van der Waals surface area contributed by atoms with E-state index in [9.17, 15) is 19.5 Å². The fraction of sp³-hybridized carbons (Fsp3) is 0.545. The number of hydrogen-bond donors (Lipinski definition) is 6. The van der Waals surface area contributed by atoms with Crippen molar-refractivity contribution >= 4 is 36.2 Å². The fourth-order valence-corrected chi connectivity index (χ4v) is 2.75. The molecular weight excluding hydrogens is 450 g/mol. The quantitative estimate of drug-likeness (QED) is 0.0877. The first-order valence-corrected chi connectivity index (χ1v) is 10.9. The molecule has 0 saturated carbocycles. The van der Waals surface area contributed by atoms with Gasteiger partial charge in [0.15, 0.2) is 5.96 Å². The van der Waals surface area contributed by atoms with Crippen molar-refractivity contribution in [2.45, 2.75) is 57.7 Å². The van der Waals surface area contributed by atoms with E-state index in [4.69, 9.17) is 15.9 Å². The lowest BCUT2D eigenvalue weighted by atomic mass is 10.1. The van der Waals surface area contributed by atoms with Gasteiger partial charge >= 0.3 is 5.97 Å². The van der Waals surface area contributed by atoms with Crippen LogP contribution in [0.15, 0.2) is 30.3 Å². The number of guanidine groups is 1. The molecule has 0 saturated heterocycles. The van der Waals surface area contributed by atoms with E-state index < -0.39 is 12.0 Å². The monoisotopic (exact) mass is 485 g/mol. The van der Waals surface area contributed by atoms with Gasteiger partial charge in [0.1, 0.15) is 12.7 Å². The minimum absolute atomic E-state index is 0. The van der Waals surface area contributed by atoms with Crippen molar-refractivity contribution in [3.63, 3.8) is 0 Å². The molecule has 33 heavy (non-hydrogen) atoms. The normalized spacial score (nSPS) is 10.9. The summed E-state index contributed by atoms with van der Waals surface area (Å²) < 4.78 is 5.15. The lowest BCUT2D eigenvalue weighted by Crippen LogP contribution is -2.43. The number of amides is 2. The SMILES string of the molecule is Cl.N=C(N)NCCCCCCC(=O)NCC(O)C(=O)NCCCC(=O)OCc1ccccc1. The molecule has 1 unspecified atom stereocenters. The molecule has 0 heterocycles. The van der Waals surface area contributed by atoms with Gasteiger partial charge < -0.3 is 31.5 Å². The molecule has 0 aliphatic heterocycles. The molecule has 2 amide bonds. The highest BCUT2D eigenvalue weighted by molar-refractivity contribution is 5.85. The Morgan fingerprint density at radius 1 is 0.939 bits per heavy atom. The van der Waals surface area contributed by atoms with E-state index in [0.29, 0.717) is 25.8 Å². The van der Waals surface area contributed by atoms with Crippen LogP contribution in [0.25, 0.3) is 0 Å². The summed E-state index contributed by atoms with van der Waals surface area (Å²) in [4.78, 5) is 35.4. The minimum atomic E-state index is -1.35. The van der Waals surface area contributed by atoms with Crippen LogP contribution in [0.5, 0.6) is 0 Å². The molecule has 0 aromatic heterocycles. The zero-order chi connectivity index (χ0) is 23.6. The lowest BCUT2D eigenvalue weighted by molar-refractivity contribution is -0.145. The molecule has 10 nitrogen and oxygen atoms in total. The number of halogens is 1. The standard InChI is InChI=1S/C22H35N5O5.ClH/c23-22(24)26-13-7-2-1-6-11-19(29)27-15-18(28)21(31)25-14-8-12-20(30)32-16-17-9-4-3-5-10-17;/h3-5,9-10,18,28H,1-2,6-8,11-16H2,(H,25,31)(H,27,29)(H4,23,24,26);1H. The highest BCUT2D eigenvalue weighted by Crippen LogP contribution is 2.03. The fourth-order valence-electron chi connectivity index (χ4n) is 2.75. The number of aliphatic hydroxyl groups is 1. The molecule has 1 rings (SSSR count). The average Bonchev–Trinajstić information content (AvgIpc) is 2.78. The van der Waals surface area contributed by atoms with Crippen molar-refractivity contribution in [3.05, 3.63) is 35.9 Å². The summed E-state index contributed by atoms with van der Waals surface area (Å²) in [5.41, 5.74) is 6.08. The molecule has 0 spiro atoms. The van der Waals surface area contributed by atoms with Crippen LogP contribution in [-0.2, 0) is 25.7 Å². The third kappa shape index (κ3) is 16.4. The van der Waals surface area contributed by atoms with Crippen molar-refractivity contribution in [2.24, 2.45) is 5.73 Å². The van der Waals surface area contributed by atoms with Gasteiger partial charge in [0, 0.05) is 25.9 Å². The van der Waals surface area contributed by atoms with Crippen LogP contribution in [0, 0.1) is 5.41 Å². The number of rotatable bonds is 16. The van der Waals surface area contributed by atoms with E-state index in [1.807, 2.05) is 30.3 Å². The number of carbonyl (C=O) groups is 3. The van der Waals surface area contributed by atoms with Crippen LogP contribution in [0.3, 0.4) is 0 Å². The molecule has 0 fully saturated rings. The van der Waals surface area contributed by atoms with Gasteiger partial charge in [0.2, 0.25) is 5.91 Å². The number of unbranched alkanes of at least 4 members (excludes halogenated alkanes) is 3.